The van der Waals surface area contributed by atoms with Crippen LogP contribution in [0, 0.1) is 11.8 Å². The minimum atomic E-state index is 0. The fourth-order valence-corrected chi connectivity index (χ4v) is 4.31. The number of nitrogens with two attached hydrogens (primary N) is 1. The SMILES string of the molecule is Cl.Cl.NC[C@H]1CCC[C@H]1C(=O)NC1CCN(c2ccccc2Br)C1. The van der Waals surface area contributed by atoms with Gasteiger partial charge in [0.1, 0.15) is 0 Å². The summed E-state index contributed by atoms with van der Waals surface area (Å²) < 4.78 is 1.11. The van der Waals surface area contributed by atoms with E-state index in [1.54, 1.807) is 0 Å². The van der Waals surface area contributed by atoms with Gasteiger partial charge in [0.15, 0.2) is 0 Å². The summed E-state index contributed by atoms with van der Waals surface area (Å²) in [4.78, 5) is 14.8. The summed E-state index contributed by atoms with van der Waals surface area (Å²) in [6.07, 6.45) is 4.23. The number of halogens is 3. The third kappa shape index (κ3) is 4.78. The van der Waals surface area contributed by atoms with Crippen LogP contribution in [0.25, 0.3) is 0 Å². The van der Waals surface area contributed by atoms with E-state index < -0.39 is 0 Å². The van der Waals surface area contributed by atoms with Crippen LogP contribution in [0.4, 0.5) is 5.69 Å². The summed E-state index contributed by atoms with van der Waals surface area (Å²) in [6, 6.07) is 8.51. The molecule has 0 bridgehead atoms. The number of anilines is 1. The van der Waals surface area contributed by atoms with Crippen LogP contribution in [-0.4, -0.2) is 31.6 Å². The van der Waals surface area contributed by atoms with Gasteiger partial charge in [0.25, 0.3) is 0 Å². The molecule has 3 atom stereocenters. The van der Waals surface area contributed by atoms with Gasteiger partial charge in [0, 0.05) is 29.5 Å². The van der Waals surface area contributed by atoms with Crippen LogP contribution in [0.2, 0.25) is 0 Å². The molecule has 1 aliphatic carbocycles. The highest BCUT2D eigenvalue weighted by atomic mass is 79.9. The lowest BCUT2D eigenvalue weighted by atomic mass is 9.95. The Labute approximate surface area is 164 Å². The van der Waals surface area contributed by atoms with Crippen LogP contribution >= 0.6 is 40.7 Å². The summed E-state index contributed by atoms with van der Waals surface area (Å²) in [6.45, 7) is 2.50. The number of hydrogen-bond acceptors (Lipinski definition) is 3. The van der Waals surface area contributed by atoms with E-state index in [0.717, 1.165) is 43.2 Å². The van der Waals surface area contributed by atoms with Gasteiger partial charge in [0.2, 0.25) is 5.91 Å². The highest BCUT2D eigenvalue weighted by molar-refractivity contribution is 9.10. The molecular weight excluding hydrogens is 413 g/mol. The molecule has 1 aromatic carbocycles. The van der Waals surface area contributed by atoms with Crippen LogP contribution < -0.4 is 16.0 Å². The van der Waals surface area contributed by atoms with Crippen LogP contribution in [0.5, 0.6) is 0 Å². The molecule has 7 heteroatoms. The van der Waals surface area contributed by atoms with Gasteiger partial charge in [-0.05, 0) is 59.8 Å². The van der Waals surface area contributed by atoms with E-state index in [4.69, 9.17) is 5.73 Å². The molecule has 1 heterocycles. The monoisotopic (exact) mass is 437 g/mol. The molecule has 136 valence electrons. The minimum absolute atomic E-state index is 0. The molecule has 1 aliphatic heterocycles. The van der Waals surface area contributed by atoms with Crippen molar-refractivity contribution in [3.8, 4) is 0 Å². The van der Waals surface area contributed by atoms with Crippen LogP contribution in [0.1, 0.15) is 25.7 Å². The smallest absolute Gasteiger partial charge is 0.223 e. The third-order valence-corrected chi connectivity index (χ3v) is 5.70. The Balaban J connectivity index is 0.00000144. The maximum Gasteiger partial charge on any atom is 0.223 e. The van der Waals surface area contributed by atoms with Crippen LogP contribution in [-0.2, 0) is 4.79 Å². The summed E-state index contributed by atoms with van der Waals surface area (Å²) in [5.74, 6) is 0.718. The Hall–Kier alpha value is -0.490. The second kappa shape index (κ2) is 9.85. The molecule has 1 saturated carbocycles. The molecule has 0 spiro atoms. The predicted molar refractivity (Wildman–Crippen MR) is 107 cm³/mol. The molecule has 4 nitrogen and oxygen atoms in total. The highest BCUT2D eigenvalue weighted by Crippen LogP contribution is 2.32. The van der Waals surface area contributed by atoms with E-state index in [0.29, 0.717) is 12.5 Å². The quantitative estimate of drug-likeness (QED) is 0.757. The van der Waals surface area contributed by atoms with Crippen molar-refractivity contribution in [2.75, 3.05) is 24.5 Å². The first-order valence-electron chi connectivity index (χ1n) is 8.19. The lowest BCUT2D eigenvalue weighted by molar-refractivity contribution is -0.126. The number of carbonyl (C=O) groups is 1. The van der Waals surface area contributed by atoms with Crippen molar-refractivity contribution in [3.63, 3.8) is 0 Å². The van der Waals surface area contributed by atoms with Crippen LogP contribution in [0.3, 0.4) is 0 Å². The van der Waals surface area contributed by atoms with Gasteiger partial charge in [-0.15, -0.1) is 24.8 Å². The molecule has 0 radical (unpaired) electrons. The molecule has 2 fully saturated rings. The van der Waals surface area contributed by atoms with Gasteiger partial charge in [0.05, 0.1) is 5.69 Å². The first-order valence-corrected chi connectivity index (χ1v) is 8.98. The zero-order valence-electron chi connectivity index (χ0n) is 13.6. The van der Waals surface area contributed by atoms with E-state index in [2.05, 4.69) is 44.3 Å². The molecular formula is C17H26BrCl2N3O. The molecule has 1 amide bonds. The summed E-state index contributed by atoms with van der Waals surface area (Å²) in [7, 11) is 0. The van der Waals surface area contributed by atoms with E-state index >= 15 is 0 Å². The van der Waals surface area contributed by atoms with E-state index in [1.807, 2.05) is 6.07 Å². The fraction of sp³-hybridized carbons (Fsp3) is 0.588. The van der Waals surface area contributed by atoms with Gasteiger partial charge in [-0.1, -0.05) is 18.6 Å². The zero-order chi connectivity index (χ0) is 15.5. The van der Waals surface area contributed by atoms with Crippen molar-refractivity contribution in [2.24, 2.45) is 17.6 Å². The number of para-hydroxylation sites is 1. The number of carbonyl (C=O) groups excluding carboxylic acids is 1. The van der Waals surface area contributed by atoms with Crippen molar-refractivity contribution in [2.45, 2.75) is 31.7 Å². The van der Waals surface area contributed by atoms with Crippen molar-refractivity contribution < 1.29 is 4.79 Å². The maximum atomic E-state index is 12.5. The summed E-state index contributed by atoms with van der Waals surface area (Å²) in [5.41, 5.74) is 7.00. The van der Waals surface area contributed by atoms with Gasteiger partial charge in [-0.25, -0.2) is 0 Å². The number of amides is 1. The second-order valence-electron chi connectivity index (χ2n) is 6.42. The van der Waals surface area contributed by atoms with Crippen LogP contribution in [0.15, 0.2) is 28.7 Å². The highest BCUT2D eigenvalue weighted by Gasteiger charge is 2.34. The average molecular weight is 439 g/mol. The van der Waals surface area contributed by atoms with Crippen molar-refractivity contribution in [3.05, 3.63) is 28.7 Å². The average Bonchev–Trinajstić information content (AvgIpc) is 3.16. The Morgan fingerprint density at radius 1 is 1.25 bits per heavy atom. The molecule has 24 heavy (non-hydrogen) atoms. The Kier molecular flexibility index (Phi) is 8.85. The molecule has 3 N–H and O–H groups in total. The Bertz CT molecular complexity index is 546. The number of hydrogen-bond donors (Lipinski definition) is 2. The van der Waals surface area contributed by atoms with Gasteiger partial charge in [-0.2, -0.15) is 0 Å². The summed E-state index contributed by atoms with van der Waals surface area (Å²) in [5, 5.41) is 3.25. The zero-order valence-corrected chi connectivity index (χ0v) is 16.8. The first kappa shape index (κ1) is 21.6. The topological polar surface area (TPSA) is 58.4 Å². The van der Waals surface area contributed by atoms with Gasteiger partial charge >= 0.3 is 0 Å². The molecule has 1 aromatic rings. The number of rotatable bonds is 4. The molecule has 1 saturated heterocycles. The maximum absolute atomic E-state index is 12.5. The van der Waals surface area contributed by atoms with Gasteiger partial charge < -0.3 is 16.0 Å². The molecule has 2 aliphatic rings. The lowest BCUT2D eigenvalue weighted by Gasteiger charge is -2.22. The Morgan fingerprint density at radius 3 is 2.71 bits per heavy atom. The van der Waals surface area contributed by atoms with Crippen molar-refractivity contribution in [1.29, 1.82) is 0 Å². The number of benzene rings is 1. The number of nitrogens with zero attached hydrogens (tertiary/aromatic N) is 1. The van der Waals surface area contributed by atoms with E-state index in [1.165, 1.54) is 5.69 Å². The molecule has 3 rings (SSSR count). The van der Waals surface area contributed by atoms with Crippen molar-refractivity contribution >= 4 is 52.3 Å². The Morgan fingerprint density at radius 2 is 2.00 bits per heavy atom. The summed E-state index contributed by atoms with van der Waals surface area (Å²) >= 11 is 3.61. The largest absolute Gasteiger partial charge is 0.368 e. The standard InChI is InChI=1S/C17H24BrN3O.2ClH/c18-15-6-1-2-7-16(15)21-9-8-13(11-21)20-17(22)14-5-3-4-12(14)10-19;;/h1-2,6-7,12-14H,3-5,8-11,19H2,(H,20,22);2*1H/t12-,13?,14-;;/m1../s1. The normalized spacial score (nSPS) is 25.8. The minimum Gasteiger partial charge on any atom is -0.368 e. The number of nitrogens with one attached hydrogen (secondary N) is 1. The van der Waals surface area contributed by atoms with E-state index in [-0.39, 0.29) is 42.7 Å². The molecule has 0 aromatic heterocycles. The second-order valence-corrected chi connectivity index (χ2v) is 7.28. The lowest BCUT2D eigenvalue weighted by Crippen LogP contribution is -2.42. The van der Waals surface area contributed by atoms with Gasteiger partial charge in [-0.3, -0.25) is 4.79 Å². The van der Waals surface area contributed by atoms with Crippen molar-refractivity contribution in [1.82, 2.24) is 5.32 Å². The fourth-order valence-electron chi connectivity index (χ4n) is 3.78. The first-order chi connectivity index (χ1) is 10.7. The van der Waals surface area contributed by atoms with E-state index in [9.17, 15) is 4.79 Å². The third-order valence-electron chi connectivity index (χ3n) is 5.03. The predicted octanol–water partition coefficient (Wildman–Crippen LogP) is 3.36. The molecule has 1 unspecified atom stereocenters.